The number of hydrogen-bond acceptors (Lipinski definition) is 4. The molecular weight excluding hydrogens is 531 g/mol. The van der Waals surface area contributed by atoms with Gasteiger partial charge < -0.3 is 18.6 Å². The smallest absolute Gasteiger partial charge is 0.485 e. The molecule has 210 valence electrons. The first-order valence-electron chi connectivity index (χ1n) is 14.8. The van der Waals surface area contributed by atoms with Crippen LogP contribution >= 0.6 is 0 Å². The van der Waals surface area contributed by atoms with E-state index in [0.29, 0.717) is 5.56 Å². The van der Waals surface area contributed by atoms with Crippen molar-refractivity contribution in [2.24, 2.45) is 0 Å². The largest absolute Gasteiger partial charge is 0.494 e. The van der Waals surface area contributed by atoms with Gasteiger partial charge in [0.2, 0.25) is 0 Å². The molecule has 0 saturated carbocycles. The molecule has 6 heteroatoms. The van der Waals surface area contributed by atoms with E-state index < -0.39 is 18.3 Å². The van der Waals surface area contributed by atoms with E-state index in [-0.39, 0.29) is 12.0 Å². The molecule has 3 aliphatic rings. The molecule has 0 spiro atoms. The van der Waals surface area contributed by atoms with Crippen molar-refractivity contribution in [3.05, 3.63) is 120 Å². The van der Waals surface area contributed by atoms with Crippen LogP contribution in [-0.2, 0) is 9.31 Å². The Labute approximate surface area is 251 Å². The summed E-state index contributed by atoms with van der Waals surface area (Å²) in [5.74, 6) is 0.895. The standard InChI is InChI=1S/C37H31BN2O3/c1-36(2)37(3,4)43-38(42-36)25-15-18-35-31(20-25)30-19-23(14-17-34(30)41-35)29-21-26(16-13-24(29)22-39)40-32-11-7-5-9-27(32)28-10-6-8-12-33(28)40/h5-21,31,35H,1-4H3. The molecule has 1 fully saturated rings. The van der Waals surface area contributed by atoms with Crippen LogP contribution in [0.1, 0.15) is 44.7 Å². The van der Waals surface area contributed by atoms with E-state index >= 15 is 0 Å². The minimum Gasteiger partial charge on any atom is -0.485 e. The molecule has 0 radical (unpaired) electrons. The molecule has 43 heavy (non-hydrogen) atoms. The Morgan fingerprint density at radius 2 is 1.49 bits per heavy atom. The highest BCUT2D eigenvalue weighted by Gasteiger charge is 2.52. The molecule has 5 aromatic rings. The lowest BCUT2D eigenvalue weighted by Crippen LogP contribution is -2.41. The van der Waals surface area contributed by atoms with E-state index in [2.05, 4.69) is 123 Å². The number of rotatable bonds is 3. The van der Waals surface area contributed by atoms with Crippen LogP contribution in [0, 0.1) is 11.3 Å². The molecule has 5 nitrogen and oxygen atoms in total. The number of hydrogen-bond donors (Lipinski definition) is 0. The second-order valence-electron chi connectivity index (χ2n) is 12.7. The average Bonchev–Trinajstić information content (AvgIpc) is 3.62. The number of nitrogens with zero attached hydrogens (tertiary/aromatic N) is 2. The Balaban J connectivity index is 1.21. The monoisotopic (exact) mass is 562 g/mol. The lowest BCUT2D eigenvalue weighted by molar-refractivity contribution is 0.00578. The maximum Gasteiger partial charge on any atom is 0.494 e. The normalized spacial score (nSPS) is 21.4. The van der Waals surface area contributed by atoms with Crippen LogP contribution in [0.2, 0.25) is 0 Å². The van der Waals surface area contributed by atoms with Gasteiger partial charge >= 0.3 is 7.12 Å². The predicted octanol–water partition coefficient (Wildman–Crippen LogP) is 8.29. The summed E-state index contributed by atoms with van der Waals surface area (Å²) in [6, 6.07) is 31.8. The fourth-order valence-corrected chi connectivity index (χ4v) is 6.64. The summed E-state index contributed by atoms with van der Waals surface area (Å²) in [5, 5.41) is 12.6. The van der Waals surface area contributed by atoms with Crippen molar-refractivity contribution in [2.45, 2.75) is 50.9 Å². The highest BCUT2D eigenvalue weighted by Crippen LogP contribution is 2.46. The molecule has 0 bridgehead atoms. The Kier molecular flexibility index (Phi) is 5.59. The molecule has 3 heterocycles. The van der Waals surface area contributed by atoms with Gasteiger partial charge in [-0.3, -0.25) is 0 Å². The van der Waals surface area contributed by atoms with Crippen molar-refractivity contribution in [3.8, 4) is 28.6 Å². The van der Waals surface area contributed by atoms with Crippen LogP contribution in [0.25, 0.3) is 38.6 Å². The zero-order valence-electron chi connectivity index (χ0n) is 24.7. The molecule has 0 N–H and O–H groups in total. The summed E-state index contributed by atoms with van der Waals surface area (Å²) in [6.45, 7) is 8.29. The molecule has 2 unspecified atom stereocenters. The van der Waals surface area contributed by atoms with Crippen LogP contribution in [0.15, 0.2) is 109 Å². The minimum absolute atomic E-state index is 0.0278. The van der Waals surface area contributed by atoms with Gasteiger partial charge in [0.1, 0.15) is 11.9 Å². The lowest BCUT2D eigenvalue weighted by atomic mass is 9.72. The summed E-state index contributed by atoms with van der Waals surface area (Å²) in [6.07, 6.45) is 6.31. The first kappa shape index (κ1) is 26.1. The molecule has 0 amide bonds. The number of benzene rings is 4. The van der Waals surface area contributed by atoms with Crippen molar-refractivity contribution < 1.29 is 14.0 Å². The van der Waals surface area contributed by atoms with Crippen molar-refractivity contribution >= 4 is 28.9 Å². The Morgan fingerprint density at radius 1 is 0.814 bits per heavy atom. The van der Waals surface area contributed by atoms with E-state index in [1.54, 1.807) is 0 Å². The van der Waals surface area contributed by atoms with E-state index in [1.165, 1.54) is 10.8 Å². The highest BCUT2D eigenvalue weighted by atomic mass is 16.7. The third kappa shape index (κ3) is 3.92. The van der Waals surface area contributed by atoms with E-state index in [9.17, 15) is 5.26 Å². The molecule has 1 aliphatic carbocycles. The molecular formula is C37H31BN2O3. The van der Waals surface area contributed by atoms with Gasteiger partial charge in [0, 0.05) is 33.5 Å². The van der Waals surface area contributed by atoms with Crippen molar-refractivity contribution in [1.29, 1.82) is 5.26 Å². The van der Waals surface area contributed by atoms with E-state index in [4.69, 9.17) is 14.0 Å². The van der Waals surface area contributed by atoms with Crippen molar-refractivity contribution in [3.63, 3.8) is 0 Å². The van der Waals surface area contributed by atoms with Gasteiger partial charge in [-0.2, -0.15) is 5.26 Å². The number of para-hydroxylation sites is 2. The topological polar surface area (TPSA) is 56.4 Å². The maximum atomic E-state index is 10.1. The van der Waals surface area contributed by atoms with Gasteiger partial charge in [-0.15, -0.1) is 0 Å². The van der Waals surface area contributed by atoms with Gasteiger partial charge in [-0.1, -0.05) is 54.6 Å². The number of ether oxygens (including phenoxy) is 1. The van der Waals surface area contributed by atoms with Gasteiger partial charge in [0.25, 0.3) is 0 Å². The molecule has 2 atom stereocenters. The first-order valence-corrected chi connectivity index (χ1v) is 14.8. The van der Waals surface area contributed by atoms with Gasteiger partial charge in [-0.25, -0.2) is 0 Å². The van der Waals surface area contributed by atoms with Crippen LogP contribution in [0.4, 0.5) is 0 Å². The molecule has 8 rings (SSSR count). The van der Waals surface area contributed by atoms with Gasteiger partial charge in [0.05, 0.1) is 33.9 Å². The lowest BCUT2D eigenvalue weighted by Gasteiger charge is -2.32. The second kappa shape index (κ2) is 9.22. The van der Waals surface area contributed by atoms with Crippen LogP contribution in [0.3, 0.4) is 0 Å². The number of aromatic nitrogens is 1. The number of allylic oxidation sites excluding steroid dienone is 2. The fraction of sp³-hybridized carbons (Fsp3) is 0.216. The molecule has 2 aliphatic heterocycles. The van der Waals surface area contributed by atoms with Crippen LogP contribution < -0.4 is 4.74 Å². The SMILES string of the molecule is CC1(C)OB(C2=CC3c4cc(-c5cc(-n6c7ccccc7c7ccccc76)ccc5C#N)ccc4OC3C=C2)OC1(C)C. The quantitative estimate of drug-likeness (QED) is 0.208. The van der Waals surface area contributed by atoms with Gasteiger partial charge in [0.15, 0.2) is 0 Å². The third-order valence-corrected chi connectivity index (χ3v) is 9.63. The van der Waals surface area contributed by atoms with Crippen molar-refractivity contribution in [2.75, 3.05) is 0 Å². The summed E-state index contributed by atoms with van der Waals surface area (Å²) in [5.41, 5.74) is 7.11. The number of fused-ring (bicyclic) bond motifs is 6. The van der Waals surface area contributed by atoms with E-state index in [0.717, 1.165) is 44.6 Å². The Hall–Kier alpha value is -4.57. The second-order valence-corrected chi connectivity index (χ2v) is 12.7. The van der Waals surface area contributed by atoms with E-state index in [1.807, 2.05) is 18.2 Å². The molecule has 1 aromatic heterocycles. The maximum absolute atomic E-state index is 10.1. The molecule has 4 aromatic carbocycles. The van der Waals surface area contributed by atoms with Crippen molar-refractivity contribution in [1.82, 2.24) is 4.57 Å². The third-order valence-electron chi connectivity index (χ3n) is 9.63. The summed E-state index contributed by atoms with van der Waals surface area (Å²) < 4.78 is 21.3. The Bertz CT molecular complexity index is 1990. The first-order chi connectivity index (χ1) is 20.7. The highest BCUT2D eigenvalue weighted by molar-refractivity contribution is 6.55. The molecule has 1 saturated heterocycles. The summed E-state index contributed by atoms with van der Waals surface area (Å²) in [4.78, 5) is 0. The van der Waals surface area contributed by atoms with Crippen LogP contribution in [-0.4, -0.2) is 29.0 Å². The zero-order chi connectivity index (χ0) is 29.5. The van der Waals surface area contributed by atoms with Gasteiger partial charge in [-0.05, 0) is 87.3 Å². The Morgan fingerprint density at radius 3 is 2.16 bits per heavy atom. The van der Waals surface area contributed by atoms with Crippen LogP contribution in [0.5, 0.6) is 5.75 Å². The number of nitriles is 1. The minimum atomic E-state index is -0.428. The zero-order valence-corrected chi connectivity index (χ0v) is 24.7. The fourth-order valence-electron chi connectivity index (χ4n) is 6.64. The summed E-state index contributed by atoms with van der Waals surface area (Å²) >= 11 is 0. The average molecular weight is 562 g/mol. The predicted molar refractivity (Wildman–Crippen MR) is 171 cm³/mol. The summed E-state index contributed by atoms with van der Waals surface area (Å²) in [7, 11) is -0.428.